The van der Waals surface area contributed by atoms with Gasteiger partial charge in [0.1, 0.15) is 19.3 Å². The maximum Gasteiger partial charge on any atom is 0.472 e. The lowest BCUT2D eigenvalue weighted by Gasteiger charge is -2.21. The quantitative estimate of drug-likeness (QED) is 0.0169. The molecule has 0 aromatic carbocycles. The molecule has 0 heterocycles. The number of allylic oxidation sites excluding steroid dienone is 10. The molecule has 0 aliphatic rings. The van der Waals surface area contributed by atoms with Gasteiger partial charge < -0.3 is 33.8 Å². The van der Waals surface area contributed by atoms with Crippen LogP contribution in [-0.4, -0.2) is 96.7 Å². The highest BCUT2D eigenvalue weighted by molar-refractivity contribution is 7.47. The van der Waals surface area contributed by atoms with Crippen molar-refractivity contribution in [3.05, 3.63) is 60.8 Å². The third-order valence-electron chi connectivity index (χ3n) is 17.0. The third kappa shape index (κ3) is 71.2. The molecule has 5 unspecified atom stereocenters. The SMILES string of the molecule is CCCC/C=C\CCCCCCCC(=O)OC(COC(=O)CCCCCCC/C=C\CCCCCCCC)COP(=O)(O)OCC(O)COP(=O)(O)OCC(COC(=O)CCCCCCCC/C=C\C/C=C\C/C=C\CCCCC)OC(=O)CCCCCCCCCCCCCCC. The van der Waals surface area contributed by atoms with Crippen LogP contribution in [0, 0.1) is 0 Å². The van der Waals surface area contributed by atoms with Crippen molar-refractivity contribution in [2.75, 3.05) is 39.6 Å². The smallest absolute Gasteiger partial charge is 0.462 e. The molecule has 0 amide bonds. The predicted octanol–water partition coefficient (Wildman–Crippen LogP) is 22.7. The van der Waals surface area contributed by atoms with Crippen LogP contribution in [-0.2, 0) is 65.4 Å². The Bertz CT molecular complexity index is 2100. The zero-order valence-electron chi connectivity index (χ0n) is 62.5. The standard InChI is InChI=1S/C79H144O17P2/c1-5-9-13-17-21-25-29-32-34-35-36-37-39-42-45-48-52-56-60-64-77(82)90-70-75(96-79(84)66-62-58-54-50-46-40-31-27-23-19-15-11-7-3)72-94-98(87,88)92-68-73(80)67-91-97(85,86)93-71-74(95-78(83)65-61-57-53-49-43-28-24-20-16-12-8-4)69-89-76(81)63-59-55-51-47-44-41-38-33-30-26-22-18-14-10-6-2/h20-21,24-25,32-34,36-38,73-75,80H,5-19,22-23,26-31,35,39-72H2,1-4H3,(H,85,86)(H,87,88)/b24-20-,25-21-,34-32-,37-36-,38-33-. The summed E-state index contributed by atoms with van der Waals surface area (Å²) in [4.78, 5) is 72.8. The van der Waals surface area contributed by atoms with Crippen molar-refractivity contribution in [2.45, 2.75) is 380 Å². The number of ether oxygens (including phenoxy) is 4. The van der Waals surface area contributed by atoms with E-state index in [4.69, 9.17) is 37.0 Å². The Kier molecular flexibility index (Phi) is 69.7. The Morgan fingerprint density at radius 2 is 0.510 bits per heavy atom. The second kappa shape index (κ2) is 72.1. The van der Waals surface area contributed by atoms with E-state index in [9.17, 15) is 43.2 Å². The minimum atomic E-state index is -4.97. The predicted molar refractivity (Wildman–Crippen MR) is 400 cm³/mol. The van der Waals surface area contributed by atoms with Crippen molar-refractivity contribution in [2.24, 2.45) is 0 Å². The Labute approximate surface area is 597 Å². The lowest BCUT2D eigenvalue weighted by atomic mass is 10.0. The number of phosphoric ester groups is 2. The van der Waals surface area contributed by atoms with E-state index < -0.39 is 97.5 Å². The van der Waals surface area contributed by atoms with Gasteiger partial charge in [-0.15, -0.1) is 0 Å². The number of carbonyl (C=O) groups excluding carboxylic acids is 4. The van der Waals surface area contributed by atoms with Crippen LogP contribution in [0.5, 0.6) is 0 Å². The van der Waals surface area contributed by atoms with Crippen LogP contribution < -0.4 is 0 Å². The van der Waals surface area contributed by atoms with Gasteiger partial charge in [0, 0.05) is 25.7 Å². The summed E-state index contributed by atoms with van der Waals surface area (Å²) in [6.45, 7) is 4.83. The minimum absolute atomic E-state index is 0.0869. The largest absolute Gasteiger partial charge is 0.472 e. The molecule has 3 N–H and O–H groups in total. The molecule has 0 rings (SSSR count). The monoisotopic (exact) mass is 1430 g/mol. The van der Waals surface area contributed by atoms with Crippen molar-refractivity contribution in [3.63, 3.8) is 0 Å². The van der Waals surface area contributed by atoms with Crippen LogP contribution in [0.15, 0.2) is 60.8 Å². The van der Waals surface area contributed by atoms with E-state index >= 15 is 0 Å². The second-order valence-electron chi connectivity index (χ2n) is 26.7. The number of esters is 4. The maximum absolute atomic E-state index is 13.1. The summed E-state index contributed by atoms with van der Waals surface area (Å²) >= 11 is 0. The van der Waals surface area contributed by atoms with Gasteiger partial charge in [-0.2, -0.15) is 0 Å². The fraction of sp³-hybridized carbons (Fsp3) is 0.823. The van der Waals surface area contributed by atoms with Crippen molar-refractivity contribution in [3.8, 4) is 0 Å². The molecule has 17 nitrogen and oxygen atoms in total. The Hall–Kier alpha value is -3.24. The molecule has 98 heavy (non-hydrogen) atoms. The van der Waals surface area contributed by atoms with E-state index in [1.165, 1.54) is 122 Å². The average Bonchev–Trinajstić information content (AvgIpc) is 0.973. The van der Waals surface area contributed by atoms with Gasteiger partial charge >= 0.3 is 39.5 Å². The second-order valence-corrected chi connectivity index (χ2v) is 29.6. The fourth-order valence-electron chi connectivity index (χ4n) is 10.9. The highest BCUT2D eigenvalue weighted by atomic mass is 31.2. The van der Waals surface area contributed by atoms with Crippen LogP contribution >= 0.6 is 15.6 Å². The summed E-state index contributed by atoms with van der Waals surface area (Å²) < 4.78 is 68.5. The number of hydrogen-bond donors (Lipinski definition) is 3. The van der Waals surface area contributed by atoms with Gasteiger partial charge in [-0.05, 0) is 109 Å². The molecular weight excluding hydrogens is 1280 g/mol. The lowest BCUT2D eigenvalue weighted by Crippen LogP contribution is -2.30. The van der Waals surface area contributed by atoms with Gasteiger partial charge in [-0.3, -0.25) is 37.3 Å². The summed E-state index contributed by atoms with van der Waals surface area (Å²) in [6, 6.07) is 0. The summed E-state index contributed by atoms with van der Waals surface area (Å²) in [7, 11) is -9.94. The van der Waals surface area contributed by atoms with Gasteiger partial charge in [-0.25, -0.2) is 9.13 Å². The maximum atomic E-state index is 13.1. The Morgan fingerprint density at radius 1 is 0.286 bits per heavy atom. The molecule has 0 radical (unpaired) electrons. The summed E-state index contributed by atoms with van der Waals surface area (Å²) in [5.41, 5.74) is 0. The number of unbranched alkanes of at least 4 members (excludes halogenated alkanes) is 39. The van der Waals surface area contributed by atoms with E-state index in [0.29, 0.717) is 25.7 Å². The highest BCUT2D eigenvalue weighted by Gasteiger charge is 2.30. The molecule has 19 heteroatoms. The number of hydrogen-bond acceptors (Lipinski definition) is 15. The van der Waals surface area contributed by atoms with Gasteiger partial charge in [0.15, 0.2) is 12.2 Å². The average molecular weight is 1430 g/mol. The topological polar surface area (TPSA) is 237 Å². The summed E-state index contributed by atoms with van der Waals surface area (Å²) in [5, 5.41) is 10.6. The van der Waals surface area contributed by atoms with Crippen LogP contribution in [0.4, 0.5) is 0 Å². The van der Waals surface area contributed by atoms with E-state index in [2.05, 4.69) is 88.5 Å². The lowest BCUT2D eigenvalue weighted by molar-refractivity contribution is -0.161. The Balaban J connectivity index is 5.29. The molecule has 0 fully saturated rings. The van der Waals surface area contributed by atoms with Crippen LogP contribution in [0.25, 0.3) is 0 Å². The van der Waals surface area contributed by atoms with Gasteiger partial charge in [0.2, 0.25) is 0 Å². The van der Waals surface area contributed by atoms with E-state index in [1.807, 2.05) is 0 Å². The third-order valence-corrected chi connectivity index (χ3v) is 18.9. The van der Waals surface area contributed by atoms with Gasteiger partial charge in [-0.1, -0.05) is 288 Å². The van der Waals surface area contributed by atoms with Crippen LogP contribution in [0.3, 0.4) is 0 Å². The summed E-state index contributed by atoms with van der Waals surface area (Å²) in [5.74, 6) is -2.18. The first kappa shape index (κ1) is 94.8. The number of phosphoric acid groups is 2. The minimum Gasteiger partial charge on any atom is -0.462 e. The first-order chi connectivity index (χ1) is 47.7. The number of carbonyl (C=O) groups is 4. The molecule has 0 aromatic heterocycles. The van der Waals surface area contributed by atoms with Crippen molar-refractivity contribution in [1.82, 2.24) is 0 Å². The molecule has 0 aromatic rings. The molecular formula is C79H144O17P2. The van der Waals surface area contributed by atoms with Crippen LogP contribution in [0.2, 0.25) is 0 Å². The fourth-order valence-corrected chi connectivity index (χ4v) is 12.4. The number of aliphatic hydroxyl groups is 1. The summed E-state index contributed by atoms with van der Waals surface area (Å²) in [6.07, 6.45) is 70.6. The Morgan fingerprint density at radius 3 is 0.827 bits per heavy atom. The van der Waals surface area contributed by atoms with Gasteiger partial charge in [0.25, 0.3) is 0 Å². The molecule has 0 bridgehead atoms. The van der Waals surface area contributed by atoms with Crippen molar-refractivity contribution >= 4 is 39.5 Å². The zero-order chi connectivity index (χ0) is 71.8. The molecule has 0 saturated carbocycles. The first-order valence-corrected chi connectivity index (χ1v) is 42.5. The molecule has 5 atom stereocenters. The van der Waals surface area contributed by atoms with E-state index in [1.54, 1.807) is 0 Å². The molecule has 0 aliphatic carbocycles. The van der Waals surface area contributed by atoms with Crippen LogP contribution in [0.1, 0.15) is 362 Å². The molecule has 572 valence electrons. The molecule has 0 spiro atoms. The number of aliphatic hydroxyl groups excluding tert-OH is 1. The van der Waals surface area contributed by atoms with E-state index in [-0.39, 0.29) is 25.7 Å². The van der Waals surface area contributed by atoms with E-state index in [0.717, 1.165) is 161 Å². The first-order valence-electron chi connectivity index (χ1n) is 39.5. The van der Waals surface area contributed by atoms with Crippen molar-refractivity contribution in [1.29, 1.82) is 0 Å². The normalized spacial score (nSPS) is 14.2. The van der Waals surface area contributed by atoms with Crippen molar-refractivity contribution < 1.29 is 80.2 Å². The number of rotatable bonds is 75. The highest BCUT2D eigenvalue weighted by Crippen LogP contribution is 2.45. The van der Waals surface area contributed by atoms with Gasteiger partial charge in [0.05, 0.1) is 26.4 Å². The zero-order valence-corrected chi connectivity index (χ0v) is 64.3. The molecule has 0 aliphatic heterocycles. The molecule has 0 saturated heterocycles.